The molecular weight excluding hydrogens is 406 g/mol. The number of nitrogens with zero attached hydrogens (tertiary/aromatic N) is 2. The standard InChI is InChI=1S/C13H11Br2N3OS/c1-19-12-11(18-4-5-20-13(18)17-12)7-16-10-3-2-8(14)6-9(10)15/h2-6,16H,7H2,1H3. The molecule has 0 amide bonds. The Labute approximate surface area is 137 Å². The number of thiazole rings is 1. The predicted octanol–water partition coefficient (Wildman–Crippen LogP) is 4.54. The van der Waals surface area contributed by atoms with Crippen LogP contribution in [0.4, 0.5) is 5.69 Å². The molecule has 20 heavy (non-hydrogen) atoms. The van der Waals surface area contributed by atoms with Crippen LogP contribution in [0.3, 0.4) is 0 Å². The van der Waals surface area contributed by atoms with Crippen molar-refractivity contribution in [3.63, 3.8) is 0 Å². The lowest BCUT2D eigenvalue weighted by Gasteiger charge is -2.09. The number of anilines is 1. The maximum atomic E-state index is 5.34. The fourth-order valence-corrected chi connectivity index (χ4v) is 3.86. The van der Waals surface area contributed by atoms with Crippen molar-refractivity contribution < 1.29 is 4.74 Å². The Balaban J connectivity index is 1.87. The molecule has 2 heterocycles. The van der Waals surface area contributed by atoms with Gasteiger partial charge in [0.2, 0.25) is 5.88 Å². The van der Waals surface area contributed by atoms with Gasteiger partial charge >= 0.3 is 0 Å². The second-order valence-corrected chi connectivity index (χ2v) is 6.74. The van der Waals surface area contributed by atoms with Gasteiger partial charge in [-0.2, -0.15) is 4.98 Å². The number of imidazole rings is 1. The molecule has 0 bridgehead atoms. The van der Waals surface area contributed by atoms with Crippen molar-refractivity contribution >= 4 is 53.8 Å². The first-order valence-electron chi connectivity index (χ1n) is 5.86. The van der Waals surface area contributed by atoms with Gasteiger partial charge in [-0.15, -0.1) is 11.3 Å². The zero-order valence-electron chi connectivity index (χ0n) is 10.6. The zero-order valence-corrected chi connectivity index (χ0v) is 14.5. The monoisotopic (exact) mass is 415 g/mol. The molecule has 2 aromatic heterocycles. The van der Waals surface area contributed by atoms with Crippen LogP contribution in [0.2, 0.25) is 0 Å². The zero-order chi connectivity index (χ0) is 14.1. The summed E-state index contributed by atoms with van der Waals surface area (Å²) in [6, 6.07) is 6.03. The van der Waals surface area contributed by atoms with E-state index in [4.69, 9.17) is 4.74 Å². The van der Waals surface area contributed by atoms with Crippen LogP contribution in [0.15, 0.2) is 38.7 Å². The van der Waals surface area contributed by atoms with Crippen molar-refractivity contribution in [1.82, 2.24) is 9.38 Å². The molecule has 7 heteroatoms. The first-order valence-corrected chi connectivity index (χ1v) is 8.33. The third-order valence-corrected chi connectivity index (χ3v) is 4.80. The molecule has 0 aliphatic carbocycles. The molecule has 0 aliphatic heterocycles. The van der Waals surface area contributed by atoms with Gasteiger partial charge in [0, 0.05) is 26.2 Å². The third kappa shape index (κ3) is 2.57. The number of rotatable bonds is 4. The van der Waals surface area contributed by atoms with Crippen molar-refractivity contribution in [2.75, 3.05) is 12.4 Å². The summed E-state index contributed by atoms with van der Waals surface area (Å²) >= 11 is 8.58. The number of aromatic nitrogens is 2. The summed E-state index contributed by atoms with van der Waals surface area (Å²) in [7, 11) is 1.64. The number of hydrogen-bond donors (Lipinski definition) is 1. The van der Waals surface area contributed by atoms with E-state index in [1.807, 2.05) is 34.2 Å². The first kappa shape index (κ1) is 13.9. The highest BCUT2D eigenvalue weighted by Gasteiger charge is 2.13. The van der Waals surface area contributed by atoms with Crippen molar-refractivity contribution in [2.24, 2.45) is 0 Å². The van der Waals surface area contributed by atoms with E-state index in [-0.39, 0.29) is 0 Å². The summed E-state index contributed by atoms with van der Waals surface area (Å²) in [5.41, 5.74) is 2.04. The minimum Gasteiger partial charge on any atom is -0.480 e. The Hall–Kier alpha value is -1.05. The Morgan fingerprint density at radius 3 is 3.00 bits per heavy atom. The van der Waals surface area contributed by atoms with E-state index in [1.165, 1.54) is 0 Å². The van der Waals surface area contributed by atoms with Gasteiger partial charge in [-0.05, 0) is 34.1 Å². The molecule has 4 nitrogen and oxygen atoms in total. The van der Waals surface area contributed by atoms with Gasteiger partial charge in [0.25, 0.3) is 0 Å². The minimum atomic E-state index is 0.640. The van der Waals surface area contributed by atoms with Crippen LogP contribution in [0, 0.1) is 0 Å². The maximum Gasteiger partial charge on any atom is 0.238 e. The van der Waals surface area contributed by atoms with Crippen molar-refractivity contribution in [3.8, 4) is 5.88 Å². The fraction of sp³-hybridized carbons (Fsp3) is 0.154. The Morgan fingerprint density at radius 2 is 2.25 bits per heavy atom. The summed E-state index contributed by atoms with van der Waals surface area (Å²) in [4.78, 5) is 5.38. The summed E-state index contributed by atoms with van der Waals surface area (Å²) in [6.07, 6.45) is 2.00. The number of fused-ring (bicyclic) bond motifs is 1. The van der Waals surface area contributed by atoms with Crippen LogP contribution in [-0.4, -0.2) is 16.5 Å². The van der Waals surface area contributed by atoms with E-state index in [9.17, 15) is 0 Å². The fourth-order valence-electron chi connectivity index (χ4n) is 1.95. The van der Waals surface area contributed by atoms with E-state index < -0.39 is 0 Å². The lowest BCUT2D eigenvalue weighted by atomic mass is 10.3. The highest BCUT2D eigenvalue weighted by molar-refractivity contribution is 9.11. The molecule has 0 spiro atoms. The Morgan fingerprint density at radius 1 is 1.40 bits per heavy atom. The molecule has 0 fully saturated rings. The molecule has 3 rings (SSSR count). The summed E-state index contributed by atoms with van der Waals surface area (Å²) in [6.45, 7) is 0.640. The van der Waals surface area contributed by atoms with Gasteiger partial charge in [-0.25, -0.2) is 0 Å². The van der Waals surface area contributed by atoms with Crippen LogP contribution in [0.5, 0.6) is 5.88 Å². The number of methoxy groups -OCH3 is 1. The summed E-state index contributed by atoms with van der Waals surface area (Å²) in [5, 5.41) is 5.41. The molecule has 1 aromatic carbocycles. The first-order chi connectivity index (χ1) is 9.69. The number of ether oxygens (including phenoxy) is 1. The van der Waals surface area contributed by atoms with Crippen LogP contribution < -0.4 is 10.1 Å². The SMILES string of the molecule is COc1nc2sccn2c1CNc1ccc(Br)cc1Br. The second kappa shape index (κ2) is 5.75. The molecule has 3 aromatic rings. The van der Waals surface area contributed by atoms with Crippen molar-refractivity contribution in [1.29, 1.82) is 0 Å². The van der Waals surface area contributed by atoms with Crippen LogP contribution in [-0.2, 0) is 6.54 Å². The van der Waals surface area contributed by atoms with E-state index in [0.29, 0.717) is 12.4 Å². The van der Waals surface area contributed by atoms with Crippen LogP contribution in [0.1, 0.15) is 5.69 Å². The molecule has 0 saturated carbocycles. The van der Waals surface area contributed by atoms with E-state index >= 15 is 0 Å². The smallest absolute Gasteiger partial charge is 0.238 e. The van der Waals surface area contributed by atoms with Crippen molar-refractivity contribution in [2.45, 2.75) is 6.54 Å². The summed E-state index contributed by atoms with van der Waals surface area (Å²) < 4.78 is 9.44. The largest absolute Gasteiger partial charge is 0.480 e. The van der Waals surface area contributed by atoms with Gasteiger partial charge in [-0.3, -0.25) is 4.40 Å². The quantitative estimate of drug-likeness (QED) is 0.678. The molecular formula is C13H11Br2N3OS. The second-order valence-electron chi connectivity index (χ2n) is 4.10. The third-order valence-electron chi connectivity index (χ3n) is 2.90. The Bertz CT molecular complexity index is 753. The van der Waals surface area contributed by atoms with Gasteiger partial charge in [0.15, 0.2) is 4.96 Å². The molecule has 0 unspecified atom stereocenters. The van der Waals surface area contributed by atoms with Gasteiger partial charge in [-0.1, -0.05) is 15.9 Å². The van der Waals surface area contributed by atoms with Gasteiger partial charge in [0.05, 0.1) is 13.7 Å². The van der Waals surface area contributed by atoms with Crippen molar-refractivity contribution in [3.05, 3.63) is 44.4 Å². The topological polar surface area (TPSA) is 38.6 Å². The van der Waals surface area contributed by atoms with Gasteiger partial charge in [0.1, 0.15) is 5.69 Å². The average molecular weight is 417 g/mol. The van der Waals surface area contributed by atoms with E-state index in [2.05, 4.69) is 42.2 Å². The molecule has 0 aliphatic rings. The number of benzene rings is 1. The minimum absolute atomic E-state index is 0.640. The molecule has 0 radical (unpaired) electrons. The molecule has 1 N–H and O–H groups in total. The van der Waals surface area contributed by atoms with Crippen LogP contribution in [0.25, 0.3) is 4.96 Å². The number of nitrogens with one attached hydrogen (secondary N) is 1. The molecule has 104 valence electrons. The number of hydrogen-bond acceptors (Lipinski definition) is 4. The van der Waals surface area contributed by atoms with Gasteiger partial charge < -0.3 is 10.1 Å². The predicted molar refractivity (Wildman–Crippen MR) is 88.8 cm³/mol. The lowest BCUT2D eigenvalue weighted by molar-refractivity contribution is 0.395. The average Bonchev–Trinajstić information content (AvgIpc) is 2.98. The highest BCUT2D eigenvalue weighted by Crippen LogP contribution is 2.28. The molecule has 0 saturated heterocycles. The molecule has 0 atom stereocenters. The number of halogens is 2. The summed E-state index contributed by atoms with van der Waals surface area (Å²) in [5.74, 6) is 0.664. The van der Waals surface area contributed by atoms with Crippen LogP contribution >= 0.6 is 43.2 Å². The highest BCUT2D eigenvalue weighted by atomic mass is 79.9. The maximum absolute atomic E-state index is 5.34. The lowest BCUT2D eigenvalue weighted by Crippen LogP contribution is -2.04. The Kier molecular flexibility index (Phi) is 4.00. The van der Waals surface area contributed by atoms with E-state index in [1.54, 1.807) is 18.4 Å². The van der Waals surface area contributed by atoms with E-state index in [0.717, 1.165) is 25.3 Å². The normalized spacial score (nSPS) is 10.9.